The minimum Gasteiger partial charge on any atom is -0.492 e. The fraction of sp³-hybridized carbons (Fsp3) is 0.375. The van der Waals surface area contributed by atoms with Crippen LogP contribution in [0.5, 0.6) is 5.75 Å². The normalized spacial score (nSPS) is 11.4. The van der Waals surface area contributed by atoms with Gasteiger partial charge in [0.05, 0.1) is 12.3 Å². The Morgan fingerprint density at radius 1 is 1.33 bits per heavy atom. The van der Waals surface area contributed by atoms with Crippen LogP contribution in [0, 0.1) is 0 Å². The van der Waals surface area contributed by atoms with Gasteiger partial charge in [-0.2, -0.15) is 5.10 Å². The standard InChI is InChI=1S/C16H20N2O3/c1-5-21-13-9-7-6-8-12(13)18-14(16(2,3)4)10-11(17-18)15(19)20/h6-10H,5H2,1-4H3,(H,19,20). The first-order valence-corrected chi connectivity index (χ1v) is 6.90. The van der Waals surface area contributed by atoms with Crippen molar-refractivity contribution >= 4 is 5.97 Å². The molecule has 5 nitrogen and oxygen atoms in total. The molecule has 0 aliphatic heterocycles. The molecule has 1 heterocycles. The maximum atomic E-state index is 11.2. The summed E-state index contributed by atoms with van der Waals surface area (Å²) in [7, 11) is 0. The Kier molecular flexibility index (Phi) is 4.02. The Balaban J connectivity index is 2.65. The van der Waals surface area contributed by atoms with Gasteiger partial charge in [0.15, 0.2) is 5.69 Å². The van der Waals surface area contributed by atoms with E-state index in [0.717, 1.165) is 11.4 Å². The molecule has 0 fully saturated rings. The SMILES string of the molecule is CCOc1ccccc1-n1nc(C(=O)O)cc1C(C)(C)C. The maximum absolute atomic E-state index is 11.2. The smallest absolute Gasteiger partial charge is 0.356 e. The lowest BCUT2D eigenvalue weighted by Gasteiger charge is -2.21. The molecule has 0 aliphatic rings. The molecule has 0 unspecified atom stereocenters. The molecule has 0 saturated heterocycles. The van der Waals surface area contributed by atoms with Crippen LogP contribution >= 0.6 is 0 Å². The van der Waals surface area contributed by atoms with Crippen LogP contribution in [-0.4, -0.2) is 27.5 Å². The number of hydrogen-bond donors (Lipinski definition) is 1. The predicted octanol–water partition coefficient (Wildman–Crippen LogP) is 3.27. The molecular formula is C16H20N2O3. The zero-order valence-corrected chi connectivity index (χ0v) is 12.8. The van der Waals surface area contributed by atoms with Crippen molar-refractivity contribution in [2.24, 2.45) is 0 Å². The zero-order chi connectivity index (χ0) is 15.6. The first kappa shape index (κ1) is 15.1. The highest BCUT2D eigenvalue weighted by atomic mass is 16.5. The number of benzene rings is 1. The van der Waals surface area contributed by atoms with Gasteiger partial charge in [-0.05, 0) is 25.1 Å². The number of carboxylic acid groups (broad SMARTS) is 1. The van der Waals surface area contributed by atoms with E-state index in [9.17, 15) is 9.90 Å². The third-order valence-corrected chi connectivity index (χ3v) is 3.09. The third kappa shape index (κ3) is 3.07. The second-order valence-corrected chi connectivity index (χ2v) is 5.78. The number of hydrogen-bond acceptors (Lipinski definition) is 3. The van der Waals surface area contributed by atoms with E-state index in [1.54, 1.807) is 10.7 Å². The van der Waals surface area contributed by atoms with Crippen molar-refractivity contribution in [3.63, 3.8) is 0 Å². The van der Waals surface area contributed by atoms with Gasteiger partial charge in [-0.1, -0.05) is 32.9 Å². The molecule has 21 heavy (non-hydrogen) atoms. The van der Waals surface area contributed by atoms with Gasteiger partial charge in [0, 0.05) is 5.41 Å². The number of aromatic nitrogens is 2. The summed E-state index contributed by atoms with van der Waals surface area (Å²) < 4.78 is 7.28. The number of carboxylic acids is 1. The summed E-state index contributed by atoms with van der Waals surface area (Å²) in [4.78, 5) is 11.2. The molecule has 0 aliphatic carbocycles. The van der Waals surface area contributed by atoms with Crippen LogP contribution < -0.4 is 4.74 Å². The van der Waals surface area contributed by atoms with Crippen molar-refractivity contribution in [2.45, 2.75) is 33.1 Å². The minimum absolute atomic E-state index is 0.0335. The van der Waals surface area contributed by atoms with Crippen LogP contribution in [0.1, 0.15) is 43.9 Å². The molecule has 112 valence electrons. The van der Waals surface area contributed by atoms with E-state index in [0.29, 0.717) is 12.4 Å². The van der Waals surface area contributed by atoms with E-state index in [1.165, 1.54) is 0 Å². The monoisotopic (exact) mass is 288 g/mol. The Bertz CT molecular complexity index is 654. The van der Waals surface area contributed by atoms with Gasteiger partial charge < -0.3 is 9.84 Å². The summed E-state index contributed by atoms with van der Waals surface area (Å²) in [6.45, 7) is 8.52. The summed E-state index contributed by atoms with van der Waals surface area (Å²) in [5, 5.41) is 13.4. The number of ether oxygens (including phenoxy) is 1. The largest absolute Gasteiger partial charge is 0.492 e. The van der Waals surface area contributed by atoms with Crippen LogP contribution in [0.2, 0.25) is 0 Å². The Morgan fingerprint density at radius 3 is 2.57 bits per heavy atom. The molecule has 2 aromatic rings. The molecule has 2 rings (SSSR count). The van der Waals surface area contributed by atoms with Gasteiger partial charge in [0.25, 0.3) is 0 Å². The lowest BCUT2D eigenvalue weighted by molar-refractivity contribution is 0.0690. The summed E-state index contributed by atoms with van der Waals surface area (Å²) in [6.07, 6.45) is 0. The van der Waals surface area contributed by atoms with Crippen molar-refractivity contribution in [2.75, 3.05) is 6.61 Å². The highest BCUT2D eigenvalue weighted by Gasteiger charge is 2.25. The van der Waals surface area contributed by atoms with E-state index >= 15 is 0 Å². The van der Waals surface area contributed by atoms with Crippen molar-refractivity contribution < 1.29 is 14.6 Å². The number of rotatable bonds is 4. The zero-order valence-electron chi connectivity index (χ0n) is 12.8. The highest BCUT2D eigenvalue weighted by molar-refractivity contribution is 5.85. The summed E-state index contributed by atoms with van der Waals surface area (Å²) in [5.74, 6) is -0.348. The van der Waals surface area contributed by atoms with Gasteiger partial charge in [-0.3, -0.25) is 0 Å². The topological polar surface area (TPSA) is 64.4 Å². The van der Waals surface area contributed by atoms with Gasteiger partial charge in [-0.15, -0.1) is 0 Å². The summed E-state index contributed by atoms with van der Waals surface area (Å²) >= 11 is 0. The van der Waals surface area contributed by atoms with Gasteiger partial charge in [0.2, 0.25) is 0 Å². The average molecular weight is 288 g/mol. The van der Waals surface area contributed by atoms with Gasteiger partial charge in [-0.25, -0.2) is 9.48 Å². The number of nitrogens with zero attached hydrogens (tertiary/aromatic N) is 2. The van der Waals surface area contributed by atoms with Crippen LogP contribution in [0.15, 0.2) is 30.3 Å². The molecule has 0 bridgehead atoms. The van der Waals surface area contributed by atoms with Crippen molar-refractivity contribution in [3.05, 3.63) is 41.7 Å². The van der Waals surface area contributed by atoms with Gasteiger partial charge in [0.1, 0.15) is 11.4 Å². The molecule has 1 aromatic carbocycles. The first-order chi connectivity index (χ1) is 9.84. The lowest BCUT2D eigenvalue weighted by atomic mass is 9.91. The molecule has 0 saturated carbocycles. The van der Waals surface area contributed by atoms with Gasteiger partial charge >= 0.3 is 5.97 Å². The van der Waals surface area contributed by atoms with Crippen molar-refractivity contribution in [3.8, 4) is 11.4 Å². The van der Waals surface area contributed by atoms with Crippen LogP contribution in [0.25, 0.3) is 5.69 Å². The summed E-state index contributed by atoms with van der Waals surface area (Å²) in [6, 6.07) is 9.11. The highest BCUT2D eigenvalue weighted by Crippen LogP contribution is 2.30. The Labute approximate surface area is 124 Å². The molecular weight excluding hydrogens is 268 g/mol. The molecule has 1 N–H and O–H groups in total. The Morgan fingerprint density at radius 2 is 2.00 bits per heavy atom. The third-order valence-electron chi connectivity index (χ3n) is 3.09. The molecule has 0 spiro atoms. The molecule has 0 amide bonds. The summed E-state index contributed by atoms with van der Waals surface area (Å²) in [5.41, 5.74) is 1.37. The molecule has 0 radical (unpaired) electrons. The minimum atomic E-state index is -1.03. The molecule has 5 heteroatoms. The van der Waals surface area contributed by atoms with Crippen LogP contribution in [0.4, 0.5) is 0 Å². The van der Waals surface area contributed by atoms with E-state index in [-0.39, 0.29) is 11.1 Å². The number of aromatic carboxylic acids is 1. The quantitative estimate of drug-likeness (QED) is 0.937. The van der Waals surface area contributed by atoms with E-state index in [2.05, 4.69) is 5.10 Å². The second-order valence-electron chi connectivity index (χ2n) is 5.78. The predicted molar refractivity (Wildman–Crippen MR) is 80.4 cm³/mol. The fourth-order valence-electron chi connectivity index (χ4n) is 2.11. The number of para-hydroxylation sites is 2. The lowest BCUT2D eigenvalue weighted by Crippen LogP contribution is -2.18. The number of carbonyl (C=O) groups is 1. The first-order valence-electron chi connectivity index (χ1n) is 6.90. The molecule has 0 atom stereocenters. The Hall–Kier alpha value is -2.30. The van der Waals surface area contributed by atoms with E-state index in [4.69, 9.17) is 4.74 Å². The van der Waals surface area contributed by atoms with E-state index < -0.39 is 5.97 Å². The fourth-order valence-corrected chi connectivity index (χ4v) is 2.11. The average Bonchev–Trinajstić information content (AvgIpc) is 2.85. The van der Waals surface area contributed by atoms with Crippen molar-refractivity contribution in [1.29, 1.82) is 0 Å². The van der Waals surface area contributed by atoms with Crippen molar-refractivity contribution in [1.82, 2.24) is 9.78 Å². The molecule has 1 aromatic heterocycles. The maximum Gasteiger partial charge on any atom is 0.356 e. The second kappa shape index (κ2) is 5.60. The van der Waals surface area contributed by atoms with Crippen LogP contribution in [-0.2, 0) is 5.41 Å². The van der Waals surface area contributed by atoms with E-state index in [1.807, 2.05) is 52.0 Å². The van der Waals surface area contributed by atoms with Crippen LogP contribution in [0.3, 0.4) is 0 Å².